The second-order valence-corrected chi connectivity index (χ2v) is 4.13. The molecule has 1 heterocycles. The third-order valence-corrected chi connectivity index (χ3v) is 2.52. The zero-order valence-electron chi connectivity index (χ0n) is 9.75. The van der Waals surface area contributed by atoms with Gasteiger partial charge in [0, 0.05) is 18.7 Å². The lowest BCUT2D eigenvalue weighted by Crippen LogP contribution is -1.96. The summed E-state index contributed by atoms with van der Waals surface area (Å²) in [6.45, 7) is 0. The van der Waals surface area contributed by atoms with Crippen LogP contribution in [0.4, 0.5) is 4.39 Å². The van der Waals surface area contributed by atoms with Gasteiger partial charge in [-0.15, -0.1) is 0 Å². The molecule has 0 bridgehead atoms. The maximum absolute atomic E-state index is 13.4. The van der Waals surface area contributed by atoms with Crippen LogP contribution in [0.15, 0.2) is 47.8 Å². The minimum atomic E-state index is -0.455. The number of ether oxygens (including phenoxy) is 1. The average molecular weight is 281 g/mol. The lowest BCUT2D eigenvalue weighted by atomic mass is 10.2. The largest absolute Gasteiger partial charge is 0.436 e. The molecule has 0 unspecified atom stereocenters. The van der Waals surface area contributed by atoms with Crippen molar-refractivity contribution in [3.8, 4) is 11.6 Å². The summed E-state index contributed by atoms with van der Waals surface area (Å²) < 4.78 is 18.7. The summed E-state index contributed by atoms with van der Waals surface area (Å²) in [5, 5.41) is 11.4. The number of halogens is 2. The van der Waals surface area contributed by atoms with Crippen LogP contribution in [-0.2, 0) is 6.42 Å². The van der Waals surface area contributed by atoms with Gasteiger partial charge >= 0.3 is 0 Å². The third kappa shape index (κ3) is 3.66. The lowest BCUT2D eigenvalue weighted by Gasteiger charge is -2.06. The zero-order valence-corrected chi connectivity index (χ0v) is 10.5. The van der Waals surface area contributed by atoms with E-state index in [-0.39, 0.29) is 23.2 Å². The van der Waals surface area contributed by atoms with Crippen molar-refractivity contribution >= 4 is 16.8 Å². The second-order valence-electron chi connectivity index (χ2n) is 3.69. The first-order valence-corrected chi connectivity index (χ1v) is 5.80. The highest BCUT2D eigenvalue weighted by Crippen LogP contribution is 2.22. The van der Waals surface area contributed by atoms with E-state index >= 15 is 0 Å². The molecule has 0 aliphatic rings. The molecule has 1 aromatic heterocycles. The molecule has 98 valence electrons. The third-order valence-electron chi connectivity index (χ3n) is 2.31. The second kappa shape index (κ2) is 6.15. The molecule has 0 atom stereocenters. The normalized spacial score (nSPS) is 11.4. The Morgan fingerprint density at radius 1 is 1.32 bits per heavy atom. The molecule has 0 saturated carbocycles. The van der Waals surface area contributed by atoms with Gasteiger partial charge in [0.2, 0.25) is 5.88 Å². The Morgan fingerprint density at radius 2 is 2.11 bits per heavy atom. The predicted octanol–water partition coefficient (Wildman–Crippen LogP) is 3.58. The van der Waals surface area contributed by atoms with Gasteiger partial charge in [-0.05, 0) is 17.7 Å². The standard InChI is InChI=1S/C13H10ClFN2O2/c14-12(17-18)7-9-5-6-13(16-8-9)19-11-4-2-1-3-10(11)15/h1-6,8,18H,7H2/b17-12-. The van der Waals surface area contributed by atoms with Gasteiger partial charge in [0.05, 0.1) is 0 Å². The average Bonchev–Trinajstić information content (AvgIpc) is 2.43. The number of hydrogen-bond acceptors (Lipinski definition) is 4. The van der Waals surface area contributed by atoms with Crippen LogP contribution >= 0.6 is 11.6 Å². The van der Waals surface area contributed by atoms with Gasteiger partial charge in [-0.1, -0.05) is 35.0 Å². The van der Waals surface area contributed by atoms with E-state index in [0.29, 0.717) is 0 Å². The van der Waals surface area contributed by atoms with Crippen LogP contribution in [-0.4, -0.2) is 15.4 Å². The van der Waals surface area contributed by atoms with Crippen LogP contribution in [0.5, 0.6) is 11.6 Å². The Bertz CT molecular complexity index is 587. The minimum Gasteiger partial charge on any atom is -0.436 e. The zero-order chi connectivity index (χ0) is 13.7. The Balaban J connectivity index is 2.09. The molecule has 6 heteroatoms. The number of aromatic nitrogens is 1. The highest BCUT2D eigenvalue weighted by atomic mass is 35.5. The summed E-state index contributed by atoms with van der Waals surface area (Å²) in [7, 11) is 0. The summed E-state index contributed by atoms with van der Waals surface area (Å²) in [6, 6.07) is 9.36. The Hall–Kier alpha value is -2.14. The summed E-state index contributed by atoms with van der Waals surface area (Å²) in [4.78, 5) is 4.02. The van der Waals surface area contributed by atoms with Crippen molar-refractivity contribution < 1.29 is 14.3 Å². The highest BCUT2D eigenvalue weighted by Gasteiger charge is 2.05. The van der Waals surface area contributed by atoms with Crippen molar-refractivity contribution in [2.75, 3.05) is 0 Å². The molecule has 0 fully saturated rings. The van der Waals surface area contributed by atoms with E-state index in [2.05, 4.69) is 10.1 Å². The van der Waals surface area contributed by atoms with Crippen molar-refractivity contribution in [1.82, 2.24) is 4.98 Å². The summed E-state index contributed by atoms with van der Waals surface area (Å²) in [6.07, 6.45) is 1.79. The van der Waals surface area contributed by atoms with Crippen LogP contribution in [0, 0.1) is 5.82 Å². The fraction of sp³-hybridized carbons (Fsp3) is 0.0769. The van der Waals surface area contributed by atoms with Crippen LogP contribution in [0.1, 0.15) is 5.56 Å². The quantitative estimate of drug-likeness (QED) is 0.529. The molecule has 1 aromatic carbocycles. The molecule has 4 nitrogen and oxygen atoms in total. The SMILES string of the molecule is O/N=C(\Cl)Cc1ccc(Oc2ccccc2F)nc1. The van der Waals surface area contributed by atoms with E-state index in [0.717, 1.165) is 5.56 Å². The van der Waals surface area contributed by atoms with E-state index in [1.807, 2.05) is 0 Å². The van der Waals surface area contributed by atoms with Gasteiger partial charge in [-0.2, -0.15) is 0 Å². The van der Waals surface area contributed by atoms with Crippen molar-refractivity contribution in [2.45, 2.75) is 6.42 Å². The number of para-hydroxylation sites is 1. The molecule has 0 aliphatic carbocycles. The molecule has 2 rings (SSSR count). The molecule has 19 heavy (non-hydrogen) atoms. The summed E-state index contributed by atoms with van der Waals surface area (Å²) in [5.41, 5.74) is 0.753. The van der Waals surface area contributed by atoms with Crippen molar-refractivity contribution in [1.29, 1.82) is 0 Å². The number of rotatable bonds is 4. The van der Waals surface area contributed by atoms with Gasteiger partial charge < -0.3 is 9.94 Å². The van der Waals surface area contributed by atoms with Crippen LogP contribution in [0.2, 0.25) is 0 Å². The Kier molecular flexibility index (Phi) is 4.30. The number of oxime groups is 1. The van der Waals surface area contributed by atoms with E-state index in [4.69, 9.17) is 21.5 Å². The Morgan fingerprint density at radius 3 is 2.74 bits per heavy atom. The monoisotopic (exact) mass is 280 g/mol. The maximum Gasteiger partial charge on any atom is 0.219 e. The van der Waals surface area contributed by atoms with Crippen molar-refractivity contribution in [3.63, 3.8) is 0 Å². The predicted molar refractivity (Wildman–Crippen MR) is 69.5 cm³/mol. The van der Waals surface area contributed by atoms with Gasteiger partial charge in [0.15, 0.2) is 11.6 Å². The maximum atomic E-state index is 13.4. The molecule has 1 N–H and O–H groups in total. The summed E-state index contributed by atoms with van der Waals surface area (Å²) >= 11 is 5.58. The summed E-state index contributed by atoms with van der Waals surface area (Å²) in [5.74, 6) is -0.0764. The molecular weight excluding hydrogens is 271 g/mol. The molecular formula is C13H10ClFN2O2. The number of pyridine rings is 1. The van der Waals surface area contributed by atoms with E-state index in [1.54, 1.807) is 24.3 Å². The van der Waals surface area contributed by atoms with Gasteiger partial charge in [-0.25, -0.2) is 9.37 Å². The van der Waals surface area contributed by atoms with Crippen LogP contribution in [0.3, 0.4) is 0 Å². The number of benzene rings is 1. The topological polar surface area (TPSA) is 54.7 Å². The van der Waals surface area contributed by atoms with Gasteiger partial charge in [-0.3, -0.25) is 0 Å². The van der Waals surface area contributed by atoms with Gasteiger partial charge in [0.25, 0.3) is 0 Å². The van der Waals surface area contributed by atoms with E-state index < -0.39 is 5.82 Å². The van der Waals surface area contributed by atoms with Crippen LogP contribution in [0.25, 0.3) is 0 Å². The lowest BCUT2D eigenvalue weighted by molar-refractivity contribution is 0.319. The highest BCUT2D eigenvalue weighted by molar-refractivity contribution is 6.65. The molecule has 0 saturated heterocycles. The Labute approximate surface area is 114 Å². The van der Waals surface area contributed by atoms with Crippen molar-refractivity contribution in [3.05, 3.63) is 54.0 Å². The first-order valence-electron chi connectivity index (χ1n) is 5.43. The van der Waals surface area contributed by atoms with E-state index in [1.165, 1.54) is 18.3 Å². The first-order chi connectivity index (χ1) is 9.19. The van der Waals surface area contributed by atoms with E-state index in [9.17, 15) is 4.39 Å². The number of nitrogens with zero attached hydrogens (tertiary/aromatic N) is 2. The number of hydrogen-bond donors (Lipinski definition) is 1. The smallest absolute Gasteiger partial charge is 0.219 e. The van der Waals surface area contributed by atoms with Crippen molar-refractivity contribution in [2.24, 2.45) is 5.16 Å². The first kappa shape index (κ1) is 13.3. The van der Waals surface area contributed by atoms with Gasteiger partial charge in [0.1, 0.15) is 5.17 Å². The minimum absolute atomic E-state index is 0.0598. The molecule has 0 amide bonds. The van der Waals surface area contributed by atoms with Crippen LogP contribution < -0.4 is 4.74 Å². The fourth-order valence-electron chi connectivity index (χ4n) is 1.42. The molecule has 0 spiro atoms. The molecule has 0 aliphatic heterocycles. The molecule has 2 aromatic rings. The fourth-order valence-corrected chi connectivity index (χ4v) is 1.57. The molecule has 0 radical (unpaired) electrons.